The number of hydrogen-bond donors (Lipinski definition) is 0. The number of carbonyl (C=O) groups excluding carboxylic acids is 1. The van der Waals surface area contributed by atoms with Gasteiger partial charge in [0.15, 0.2) is 0 Å². The molecule has 0 saturated carbocycles. The van der Waals surface area contributed by atoms with E-state index < -0.39 is 0 Å². The summed E-state index contributed by atoms with van der Waals surface area (Å²) < 4.78 is 1.04. The molecule has 0 saturated heterocycles. The molecule has 0 fully saturated rings. The number of amides is 1. The molecule has 2 aromatic carbocycles. The zero-order valence-corrected chi connectivity index (χ0v) is 14.8. The second-order valence-corrected chi connectivity index (χ2v) is 6.35. The zero-order chi connectivity index (χ0) is 15.4. The second kappa shape index (κ2) is 7.07. The van der Waals surface area contributed by atoms with E-state index in [9.17, 15) is 4.79 Å². The van der Waals surface area contributed by atoms with Gasteiger partial charge in [-0.25, -0.2) is 0 Å². The fourth-order valence-electron chi connectivity index (χ4n) is 2.24. The number of rotatable bonds is 4. The van der Waals surface area contributed by atoms with Crippen molar-refractivity contribution in [2.45, 2.75) is 26.8 Å². The lowest BCUT2D eigenvalue weighted by Gasteiger charge is -2.19. The average Bonchev–Trinajstić information content (AvgIpc) is 2.50. The maximum atomic E-state index is 12.6. The molecule has 0 spiro atoms. The lowest BCUT2D eigenvalue weighted by atomic mass is 10.1. The molecule has 0 aliphatic carbocycles. The van der Waals surface area contributed by atoms with Gasteiger partial charge < -0.3 is 4.90 Å². The summed E-state index contributed by atoms with van der Waals surface area (Å²) in [6, 6.07) is 14.3. The third-order valence-corrected chi connectivity index (χ3v) is 5.05. The van der Waals surface area contributed by atoms with Crippen molar-refractivity contribution in [1.29, 1.82) is 0 Å². The van der Waals surface area contributed by atoms with Crippen molar-refractivity contribution in [3.63, 3.8) is 0 Å². The molecule has 2 rings (SSSR count). The van der Waals surface area contributed by atoms with E-state index in [-0.39, 0.29) is 5.91 Å². The van der Waals surface area contributed by atoms with Crippen molar-refractivity contribution < 1.29 is 4.79 Å². The monoisotopic (exact) mass is 393 g/mol. The normalized spacial score (nSPS) is 10.5. The maximum Gasteiger partial charge on any atom is 0.254 e. The molecule has 0 atom stereocenters. The predicted octanol–water partition coefficient (Wildman–Crippen LogP) is 4.43. The Balaban J connectivity index is 2.13. The Labute approximate surface area is 140 Å². The van der Waals surface area contributed by atoms with Crippen LogP contribution in [0.25, 0.3) is 0 Å². The number of aryl methyl sites for hydroxylation is 2. The predicted molar refractivity (Wildman–Crippen MR) is 95.5 cm³/mol. The number of halogens is 1. The van der Waals surface area contributed by atoms with Crippen molar-refractivity contribution in [3.8, 4) is 0 Å². The topological polar surface area (TPSA) is 20.3 Å². The van der Waals surface area contributed by atoms with E-state index in [0.29, 0.717) is 6.54 Å². The van der Waals surface area contributed by atoms with E-state index in [1.54, 1.807) is 4.90 Å². The van der Waals surface area contributed by atoms with E-state index in [0.717, 1.165) is 26.7 Å². The van der Waals surface area contributed by atoms with Gasteiger partial charge in [0.25, 0.3) is 5.91 Å². The van der Waals surface area contributed by atoms with Crippen molar-refractivity contribution in [2.24, 2.45) is 0 Å². The van der Waals surface area contributed by atoms with Crippen LogP contribution in [-0.2, 0) is 13.0 Å². The summed E-state index contributed by atoms with van der Waals surface area (Å²) in [5, 5.41) is 0. The first-order valence-corrected chi connectivity index (χ1v) is 8.19. The molecule has 0 aromatic heterocycles. The summed E-state index contributed by atoms with van der Waals surface area (Å²) in [6.07, 6.45) is 1.04. The van der Waals surface area contributed by atoms with Crippen LogP contribution in [0, 0.1) is 10.5 Å². The molecular formula is C18H20INO. The number of benzene rings is 2. The molecule has 0 heterocycles. The van der Waals surface area contributed by atoms with Gasteiger partial charge in [-0.3, -0.25) is 4.79 Å². The van der Waals surface area contributed by atoms with Crippen LogP contribution < -0.4 is 0 Å². The highest BCUT2D eigenvalue weighted by Gasteiger charge is 2.15. The summed E-state index contributed by atoms with van der Waals surface area (Å²) in [5.74, 6) is 0.0719. The third kappa shape index (κ3) is 3.84. The summed E-state index contributed by atoms with van der Waals surface area (Å²) in [7, 11) is 1.86. The summed E-state index contributed by atoms with van der Waals surface area (Å²) in [6.45, 7) is 4.80. The van der Waals surface area contributed by atoms with Gasteiger partial charge in [0.1, 0.15) is 0 Å². The lowest BCUT2D eigenvalue weighted by Crippen LogP contribution is -2.27. The fraction of sp³-hybridized carbons (Fsp3) is 0.278. The van der Waals surface area contributed by atoms with Crippen LogP contribution in [0.5, 0.6) is 0 Å². The minimum absolute atomic E-state index is 0.0719. The molecule has 0 aliphatic rings. The molecule has 0 N–H and O–H groups in total. The van der Waals surface area contributed by atoms with Gasteiger partial charge >= 0.3 is 0 Å². The van der Waals surface area contributed by atoms with Crippen molar-refractivity contribution >= 4 is 28.5 Å². The Kier molecular flexibility index (Phi) is 5.39. The van der Waals surface area contributed by atoms with Gasteiger partial charge in [0.2, 0.25) is 0 Å². The van der Waals surface area contributed by atoms with E-state index >= 15 is 0 Å². The van der Waals surface area contributed by atoms with Gasteiger partial charge in [-0.2, -0.15) is 0 Å². The first-order valence-electron chi connectivity index (χ1n) is 7.11. The van der Waals surface area contributed by atoms with E-state index in [4.69, 9.17) is 0 Å². The van der Waals surface area contributed by atoms with Crippen molar-refractivity contribution in [2.75, 3.05) is 7.05 Å². The Bertz CT molecular complexity index is 634. The minimum Gasteiger partial charge on any atom is -0.337 e. The van der Waals surface area contributed by atoms with Crippen molar-refractivity contribution in [1.82, 2.24) is 4.90 Å². The molecule has 21 heavy (non-hydrogen) atoms. The van der Waals surface area contributed by atoms with Gasteiger partial charge in [0.05, 0.1) is 5.56 Å². The van der Waals surface area contributed by atoms with Gasteiger partial charge in [0, 0.05) is 17.2 Å². The van der Waals surface area contributed by atoms with E-state index in [2.05, 4.69) is 53.8 Å². The SMILES string of the molecule is CCc1ccc(CN(C)C(=O)c2cccc(C)c2I)cc1. The molecule has 0 aliphatic heterocycles. The fourth-order valence-corrected chi connectivity index (χ4v) is 2.83. The zero-order valence-electron chi connectivity index (χ0n) is 12.7. The van der Waals surface area contributed by atoms with Gasteiger partial charge in [-0.1, -0.05) is 43.3 Å². The molecule has 1 amide bonds. The Morgan fingerprint density at radius 2 is 1.71 bits per heavy atom. The van der Waals surface area contributed by atoms with Crippen LogP contribution in [-0.4, -0.2) is 17.9 Å². The molecule has 0 unspecified atom stereocenters. The molecule has 0 radical (unpaired) electrons. The van der Waals surface area contributed by atoms with Crippen LogP contribution in [0.4, 0.5) is 0 Å². The van der Waals surface area contributed by atoms with Crippen LogP contribution >= 0.6 is 22.6 Å². The molecule has 2 nitrogen and oxygen atoms in total. The van der Waals surface area contributed by atoms with E-state index in [1.165, 1.54) is 5.56 Å². The second-order valence-electron chi connectivity index (χ2n) is 5.27. The van der Waals surface area contributed by atoms with Crippen molar-refractivity contribution in [3.05, 3.63) is 68.3 Å². The summed E-state index contributed by atoms with van der Waals surface area (Å²) >= 11 is 2.25. The largest absolute Gasteiger partial charge is 0.337 e. The Morgan fingerprint density at radius 1 is 1.10 bits per heavy atom. The number of nitrogens with zero attached hydrogens (tertiary/aromatic N) is 1. The smallest absolute Gasteiger partial charge is 0.254 e. The summed E-state index contributed by atoms with van der Waals surface area (Å²) in [4.78, 5) is 14.3. The van der Waals surface area contributed by atoms with Crippen LogP contribution in [0.15, 0.2) is 42.5 Å². The lowest BCUT2D eigenvalue weighted by molar-refractivity contribution is 0.0784. The first-order chi connectivity index (χ1) is 10.0. The standard InChI is InChI=1S/C18H20INO/c1-4-14-8-10-15(11-9-14)12-20(3)18(21)16-7-5-6-13(2)17(16)19/h5-11H,4,12H2,1-3H3. The van der Waals surface area contributed by atoms with Gasteiger partial charge in [-0.15, -0.1) is 0 Å². The highest BCUT2D eigenvalue weighted by molar-refractivity contribution is 14.1. The van der Waals surface area contributed by atoms with Crippen LogP contribution in [0.2, 0.25) is 0 Å². The number of hydrogen-bond acceptors (Lipinski definition) is 1. The highest BCUT2D eigenvalue weighted by atomic mass is 127. The first kappa shape index (κ1) is 16.0. The molecule has 2 aromatic rings. The van der Waals surface area contributed by atoms with Crippen LogP contribution in [0.1, 0.15) is 34.0 Å². The molecule has 3 heteroatoms. The average molecular weight is 393 g/mol. The van der Waals surface area contributed by atoms with E-state index in [1.807, 2.05) is 32.2 Å². The molecule has 0 bridgehead atoms. The summed E-state index contributed by atoms with van der Waals surface area (Å²) in [5.41, 5.74) is 4.40. The Morgan fingerprint density at radius 3 is 2.33 bits per heavy atom. The third-order valence-electron chi connectivity index (χ3n) is 3.62. The Hall–Kier alpha value is -1.36. The quantitative estimate of drug-likeness (QED) is 0.704. The number of carbonyl (C=O) groups is 1. The minimum atomic E-state index is 0.0719. The molecular weight excluding hydrogens is 373 g/mol. The maximum absolute atomic E-state index is 12.6. The van der Waals surface area contributed by atoms with Gasteiger partial charge in [-0.05, 0) is 58.7 Å². The van der Waals surface area contributed by atoms with Crippen LogP contribution in [0.3, 0.4) is 0 Å². The highest BCUT2D eigenvalue weighted by Crippen LogP contribution is 2.19. The molecule has 110 valence electrons.